The van der Waals surface area contributed by atoms with Gasteiger partial charge in [-0.2, -0.15) is 0 Å². The molecule has 0 spiro atoms. The molecule has 0 amide bonds. The summed E-state index contributed by atoms with van der Waals surface area (Å²) < 4.78 is 0. The van der Waals surface area contributed by atoms with Gasteiger partial charge in [0.2, 0.25) is 0 Å². The van der Waals surface area contributed by atoms with Crippen LogP contribution in [-0.2, 0) is 0 Å². The van der Waals surface area contributed by atoms with Gasteiger partial charge < -0.3 is 5.73 Å². The van der Waals surface area contributed by atoms with Gasteiger partial charge in [0.15, 0.2) is 6.29 Å². The summed E-state index contributed by atoms with van der Waals surface area (Å²) in [5.74, 6) is 0. The van der Waals surface area contributed by atoms with Crippen LogP contribution in [0.25, 0.3) is 32.6 Å². The molecule has 0 bridgehead atoms. The Hall–Kier alpha value is -3.05. The molecule has 0 radical (unpaired) electrons. The summed E-state index contributed by atoms with van der Waals surface area (Å²) in [6.45, 7) is 0. The van der Waals surface area contributed by atoms with Crippen molar-refractivity contribution in [3.8, 4) is 22.4 Å². The van der Waals surface area contributed by atoms with Gasteiger partial charge >= 0.3 is 0 Å². The third-order valence-corrected chi connectivity index (χ3v) is 4.91. The van der Waals surface area contributed by atoms with Crippen LogP contribution in [0, 0.1) is 0 Å². The summed E-state index contributed by atoms with van der Waals surface area (Å²) in [4.78, 5) is 12.4. The zero-order valence-corrected chi connectivity index (χ0v) is 13.5. The zero-order valence-electron chi connectivity index (χ0n) is 12.6. The molecule has 2 aromatic carbocycles. The van der Waals surface area contributed by atoms with Gasteiger partial charge in [-0.15, -0.1) is 21.5 Å². The highest BCUT2D eigenvalue weighted by Gasteiger charge is 2.20. The van der Waals surface area contributed by atoms with Crippen LogP contribution in [0.1, 0.15) is 9.67 Å². The largest absolute Gasteiger partial charge is 0.397 e. The molecule has 0 aliphatic rings. The Balaban J connectivity index is 2.14. The average molecular weight is 331 g/mol. The molecule has 0 atom stereocenters. The highest BCUT2D eigenvalue weighted by Crippen LogP contribution is 2.42. The quantitative estimate of drug-likeness (QED) is 0.564. The Labute approximate surface area is 142 Å². The molecule has 2 N–H and O–H groups in total. The van der Waals surface area contributed by atoms with Crippen molar-refractivity contribution in [3.05, 3.63) is 65.5 Å². The number of hydrogen-bond donors (Lipinski definition) is 1. The number of aldehydes is 1. The number of rotatable bonds is 3. The van der Waals surface area contributed by atoms with Crippen LogP contribution < -0.4 is 5.73 Å². The Morgan fingerprint density at radius 2 is 1.50 bits per heavy atom. The highest BCUT2D eigenvalue weighted by atomic mass is 32.1. The number of benzene rings is 2. The maximum atomic E-state index is 11.3. The summed E-state index contributed by atoms with van der Waals surface area (Å²) in [5, 5.41) is 9.53. The van der Waals surface area contributed by atoms with Gasteiger partial charge in [0.1, 0.15) is 10.5 Å². The molecule has 4 aromatic rings. The first-order valence-electron chi connectivity index (χ1n) is 7.44. The maximum Gasteiger partial charge on any atom is 0.162 e. The summed E-state index contributed by atoms with van der Waals surface area (Å²) in [7, 11) is 0. The van der Waals surface area contributed by atoms with Gasteiger partial charge in [-0.05, 0) is 5.56 Å². The Morgan fingerprint density at radius 3 is 2.12 bits per heavy atom. The van der Waals surface area contributed by atoms with Crippen molar-refractivity contribution < 1.29 is 4.79 Å². The third kappa shape index (κ3) is 2.26. The van der Waals surface area contributed by atoms with E-state index in [-0.39, 0.29) is 0 Å². The number of anilines is 1. The molecular formula is C19H13N3OS. The van der Waals surface area contributed by atoms with Gasteiger partial charge in [-0.3, -0.25) is 4.79 Å². The zero-order chi connectivity index (χ0) is 16.5. The van der Waals surface area contributed by atoms with Crippen molar-refractivity contribution in [2.24, 2.45) is 0 Å². The Kier molecular flexibility index (Phi) is 3.55. The summed E-state index contributed by atoms with van der Waals surface area (Å²) in [6, 6.07) is 19.8. The molecule has 2 aromatic heterocycles. The number of nitrogen functional groups attached to an aromatic ring is 1. The van der Waals surface area contributed by atoms with Gasteiger partial charge in [0.05, 0.1) is 10.6 Å². The van der Waals surface area contributed by atoms with Crippen molar-refractivity contribution in [2.45, 2.75) is 0 Å². The number of aromatic nitrogens is 2. The second kappa shape index (κ2) is 5.86. The molecule has 0 aliphatic carbocycles. The van der Waals surface area contributed by atoms with Crippen LogP contribution in [0.4, 0.5) is 5.69 Å². The van der Waals surface area contributed by atoms with Crippen LogP contribution in [0.2, 0.25) is 0 Å². The fraction of sp³-hybridized carbons (Fsp3) is 0. The average Bonchev–Trinajstić information content (AvgIpc) is 2.98. The molecule has 4 nitrogen and oxygen atoms in total. The smallest absolute Gasteiger partial charge is 0.162 e. The standard InChI is InChI=1S/C19H13N3OS/c20-17-14(11-23)24-19-16(17)15(12-7-3-1-4-8-12)18(21-22-19)13-9-5-2-6-10-13/h1-11H,20H2. The molecule has 0 saturated carbocycles. The van der Waals surface area contributed by atoms with Gasteiger partial charge in [-0.1, -0.05) is 60.7 Å². The second-order valence-electron chi connectivity index (χ2n) is 5.33. The number of carbonyl (C=O) groups is 1. The van der Waals surface area contributed by atoms with E-state index >= 15 is 0 Å². The van der Waals surface area contributed by atoms with E-state index in [2.05, 4.69) is 10.2 Å². The first-order valence-corrected chi connectivity index (χ1v) is 8.26. The summed E-state index contributed by atoms with van der Waals surface area (Å²) in [5.41, 5.74) is 10.3. The molecule has 24 heavy (non-hydrogen) atoms. The number of hydrogen-bond acceptors (Lipinski definition) is 5. The fourth-order valence-corrected chi connectivity index (χ4v) is 3.66. The number of thiophene rings is 1. The predicted octanol–water partition coefficient (Wildman–Crippen LogP) is 4.42. The summed E-state index contributed by atoms with van der Waals surface area (Å²) >= 11 is 1.27. The minimum absolute atomic E-state index is 0.468. The lowest BCUT2D eigenvalue weighted by Gasteiger charge is -2.10. The van der Waals surface area contributed by atoms with Crippen molar-refractivity contribution in [3.63, 3.8) is 0 Å². The van der Waals surface area contributed by atoms with Gasteiger partial charge in [0.25, 0.3) is 0 Å². The van der Waals surface area contributed by atoms with E-state index in [1.54, 1.807) is 0 Å². The van der Waals surface area contributed by atoms with Crippen LogP contribution >= 0.6 is 11.3 Å². The van der Waals surface area contributed by atoms with E-state index in [9.17, 15) is 4.79 Å². The van der Waals surface area contributed by atoms with E-state index in [0.717, 1.165) is 34.1 Å². The third-order valence-electron chi connectivity index (χ3n) is 3.90. The minimum atomic E-state index is 0.468. The second-order valence-corrected chi connectivity index (χ2v) is 6.36. The summed E-state index contributed by atoms with van der Waals surface area (Å²) in [6.07, 6.45) is 0.776. The van der Waals surface area contributed by atoms with Crippen LogP contribution in [0.5, 0.6) is 0 Å². The SMILES string of the molecule is Nc1c(C=O)sc2nnc(-c3ccccc3)c(-c3ccccc3)c12. The molecule has 2 heterocycles. The van der Waals surface area contributed by atoms with Crippen molar-refractivity contribution >= 4 is 33.5 Å². The molecular weight excluding hydrogens is 318 g/mol. The number of nitrogens with zero attached hydrogens (tertiary/aromatic N) is 2. The first-order chi connectivity index (χ1) is 11.8. The Morgan fingerprint density at radius 1 is 0.875 bits per heavy atom. The molecule has 0 aliphatic heterocycles. The fourth-order valence-electron chi connectivity index (χ4n) is 2.80. The van der Waals surface area contributed by atoms with E-state index in [4.69, 9.17) is 5.73 Å². The molecule has 5 heteroatoms. The minimum Gasteiger partial charge on any atom is -0.397 e. The monoisotopic (exact) mass is 331 g/mol. The predicted molar refractivity (Wildman–Crippen MR) is 98.1 cm³/mol. The van der Waals surface area contributed by atoms with E-state index < -0.39 is 0 Å². The van der Waals surface area contributed by atoms with Crippen molar-refractivity contribution in [1.29, 1.82) is 0 Å². The van der Waals surface area contributed by atoms with Crippen LogP contribution in [0.15, 0.2) is 60.7 Å². The lowest BCUT2D eigenvalue weighted by molar-refractivity contribution is 0.112. The van der Waals surface area contributed by atoms with E-state index in [0.29, 0.717) is 15.4 Å². The van der Waals surface area contributed by atoms with Crippen LogP contribution in [0.3, 0.4) is 0 Å². The first kappa shape index (κ1) is 14.5. The lowest BCUT2D eigenvalue weighted by atomic mass is 9.97. The number of nitrogens with two attached hydrogens (primary N) is 1. The lowest BCUT2D eigenvalue weighted by Crippen LogP contribution is -1.95. The number of carbonyl (C=O) groups excluding carboxylic acids is 1. The highest BCUT2D eigenvalue weighted by molar-refractivity contribution is 7.21. The molecule has 4 rings (SSSR count). The molecule has 0 unspecified atom stereocenters. The molecule has 0 fully saturated rings. The van der Waals surface area contributed by atoms with E-state index in [1.807, 2.05) is 60.7 Å². The van der Waals surface area contributed by atoms with Gasteiger partial charge in [0, 0.05) is 16.5 Å². The Bertz CT molecular complexity index is 1030. The normalized spacial score (nSPS) is 10.8. The topological polar surface area (TPSA) is 68.9 Å². The van der Waals surface area contributed by atoms with Crippen molar-refractivity contribution in [2.75, 3.05) is 5.73 Å². The van der Waals surface area contributed by atoms with Gasteiger partial charge in [-0.25, -0.2) is 0 Å². The van der Waals surface area contributed by atoms with E-state index in [1.165, 1.54) is 11.3 Å². The molecule has 0 saturated heterocycles. The maximum absolute atomic E-state index is 11.3. The molecule has 116 valence electrons. The van der Waals surface area contributed by atoms with Crippen molar-refractivity contribution in [1.82, 2.24) is 10.2 Å². The van der Waals surface area contributed by atoms with Crippen LogP contribution in [-0.4, -0.2) is 16.5 Å². The number of fused-ring (bicyclic) bond motifs is 1.